The van der Waals surface area contributed by atoms with E-state index >= 15 is 0 Å². The Balaban J connectivity index is 1.79. The van der Waals surface area contributed by atoms with E-state index in [2.05, 4.69) is 9.71 Å². The fourth-order valence-electron chi connectivity index (χ4n) is 3.02. The van der Waals surface area contributed by atoms with Crippen molar-refractivity contribution in [3.05, 3.63) is 46.5 Å². The third-order valence-corrected chi connectivity index (χ3v) is 6.07. The molecule has 1 heterocycles. The van der Waals surface area contributed by atoms with Crippen LogP contribution in [0.4, 0.5) is 0 Å². The van der Waals surface area contributed by atoms with E-state index in [4.69, 9.17) is 0 Å². The molecule has 6 heteroatoms. The molecule has 3 rings (SSSR count). The van der Waals surface area contributed by atoms with Gasteiger partial charge in [-0.05, 0) is 62.8 Å². The van der Waals surface area contributed by atoms with Gasteiger partial charge in [0.05, 0.1) is 17.1 Å². The van der Waals surface area contributed by atoms with E-state index in [0.717, 1.165) is 41.9 Å². The van der Waals surface area contributed by atoms with Crippen LogP contribution in [-0.4, -0.2) is 18.0 Å². The van der Waals surface area contributed by atoms with Gasteiger partial charge in [0.1, 0.15) is 5.82 Å². The molecule has 0 saturated carbocycles. The highest BCUT2D eigenvalue weighted by Gasteiger charge is 2.20. The summed E-state index contributed by atoms with van der Waals surface area (Å²) >= 11 is 0. The van der Waals surface area contributed by atoms with Crippen molar-refractivity contribution in [3.63, 3.8) is 0 Å². The maximum absolute atomic E-state index is 12.5. The van der Waals surface area contributed by atoms with Gasteiger partial charge in [0.15, 0.2) is 0 Å². The molecule has 0 fully saturated rings. The van der Waals surface area contributed by atoms with Crippen LogP contribution in [0.25, 0.3) is 0 Å². The highest BCUT2D eigenvalue weighted by Crippen LogP contribution is 2.21. The van der Waals surface area contributed by atoms with Gasteiger partial charge in [0.25, 0.3) is 0 Å². The quantitative estimate of drug-likeness (QED) is 0.934. The summed E-state index contributed by atoms with van der Waals surface area (Å²) in [5.41, 5.74) is 4.43. The molecule has 1 N–H and O–H groups in total. The topological polar surface area (TPSA) is 64.0 Å². The monoisotopic (exact) mass is 333 g/mol. The van der Waals surface area contributed by atoms with E-state index in [1.54, 1.807) is 12.1 Å². The van der Waals surface area contributed by atoms with Crippen LogP contribution in [0.15, 0.2) is 23.1 Å². The van der Waals surface area contributed by atoms with E-state index in [1.807, 2.05) is 31.5 Å². The second-order valence-corrected chi connectivity index (χ2v) is 8.03. The molecule has 0 saturated heterocycles. The second-order valence-electron chi connectivity index (χ2n) is 6.26. The molecular weight excluding hydrogens is 310 g/mol. The van der Waals surface area contributed by atoms with Crippen molar-refractivity contribution < 1.29 is 8.42 Å². The molecule has 0 amide bonds. The van der Waals surface area contributed by atoms with Crippen LogP contribution < -0.4 is 4.72 Å². The summed E-state index contributed by atoms with van der Waals surface area (Å²) in [5, 5.41) is 0. The number of hydrogen-bond acceptors (Lipinski definition) is 3. The van der Waals surface area contributed by atoms with Crippen molar-refractivity contribution in [1.82, 2.24) is 14.3 Å². The van der Waals surface area contributed by atoms with Crippen LogP contribution in [-0.2, 0) is 36.5 Å². The Morgan fingerprint density at radius 3 is 2.61 bits per heavy atom. The summed E-state index contributed by atoms with van der Waals surface area (Å²) in [7, 11) is -1.55. The fourth-order valence-corrected chi connectivity index (χ4v) is 4.09. The minimum absolute atomic E-state index is 0.221. The first-order chi connectivity index (χ1) is 10.9. The average molecular weight is 333 g/mol. The number of fused-ring (bicyclic) bond motifs is 1. The molecule has 0 radical (unpaired) electrons. The fraction of sp³-hybridized carbons (Fsp3) is 0.471. The van der Waals surface area contributed by atoms with Crippen LogP contribution >= 0.6 is 0 Å². The third-order valence-electron chi connectivity index (χ3n) is 4.68. The average Bonchev–Trinajstić information content (AvgIpc) is 2.85. The van der Waals surface area contributed by atoms with E-state index in [-0.39, 0.29) is 6.54 Å². The van der Waals surface area contributed by atoms with Gasteiger partial charge in [-0.15, -0.1) is 0 Å². The molecular formula is C17H23N3O2S. The molecule has 23 heavy (non-hydrogen) atoms. The number of aromatic nitrogens is 2. The van der Waals surface area contributed by atoms with Crippen molar-refractivity contribution in [2.24, 2.45) is 7.05 Å². The van der Waals surface area contributed by atoms with Crippen LogP contribution in [0, 0.1) is 13.8 Å². The minimum atomic E-state index is -3.52. The molecule has 1 aromatic heterocycles. The molecule has 124 valence electrons. The Morgan fingerprint density at radius 1 is 1.17 bits per heavy atom. The van der Waals surface area contributed by atoms with Gasteiger partial charge in [-0.3, -0.25) is 0 Å². The summed E-state index contributed by atoms with van der Waals surface area (Å²) in [6, 6.07) is 5.19. The summed E-state index contributed by atoms with van der Waals surface area (Å²) < 4.78 is 29.7. The van der Waals surface area contributed by atoms with Gasteiger partial charge in [-0.25, -0.2) is 18.1 Å². The predicted octanol–water partition coefficient (Wildman–Crippen LogP) is 2.39. The molecule has 0 spiro atoms. The van der Waals surface area contributed by atoms with E-state index in [9.17, 15) is 8.42 Å². The van der Waals surface area contributed by atoms with Crippen molar-refractivity contribution >= 4 is 10.0 Å². The van der Waals surface area contributed by atoms with Gasteiger partial charge < -0.3 is 4.57 Å². The van der Waals surface area contributed by atoms with Crippen molar-refractivity contribution in [3.8, 4) is 0 Å². The standard InChI is InChI=1S/C17H23N3O2S/c1-12-8-9-14(10-13(12)2)23(21,22)18-11-17-19-15-6-4-5-7-16(15)20(17)3/h8-10,18H,4-7,11H2,1-3H3. The van der Waals surface area contributed by atoms with Crippen molar-refractivity contribution in [2.75, 3.05) is 0 Å². The van der Waals surface area contributed by atoms with Gasteiger partial charge in [0.2, 0.25) is 10.0 Å². The van der Waals surface area contributed by atoms with Crippen molar-refractivity contribution in [1.29, 1.82) is 0 Å². The zero-order valence-electron chi connectivity index (χ0n) is 13.9. The molecule has 1 aliphatic carbocycles. The SMILES string of the molecule is Cc1ccc(S(=O)(=O)NCc2nc3c(n2C)CCCC3)cc1C. The van der Waals surface area contributed by atoms with Gasteiger partial charge in [-0.2, -0.15) is 0 Å². The Kier molecular flexibility index (Phi) is 4.29. The molecule has 0 atom stereocenters. The molecule has 0 aliphatic heterocycles. The van der Waals surface area contributed by atoms with Gasteiger partial charge in [-0.1, -0.05) is 6.07 Å². The normalized spacial score (nSPS) is 14.7. The lowest BCUT2D eigenvalue weighted by atomic mass is 10.0. The summed E-state index contributed by atoms with van der Waals surface area (Å²) in [6.07, 6.45) is 4.37. The highest BCUT2D eigenvalue weighted by molar-refractivity contribution is 7.89. The van der Waals surface area contributed by atoms with Crippen LogP contribution in [0.2, 0.25) is 0 Å². The zero-order valence-corrected chi connectivity index (χ0v) is 14.7. The molecule has 2 aromatic rings. The number of imidazole rings is 1. The first-order valence-electron chi connectivity index (χ1n) is 7.99. The number of benzene rings is 1. The summed E-state index contributed by atoms with van der Waals surface area (Å²) in [5.74, 6) is 0.782. The number of rotatable bonds is 4. The maximum Gasteiger partial charge on any atom is 0.240 e. The minimum Gasteiger partial charge on any atom is -0.334 e. The molecule has 1 aromatic carbocycles. The van der Waals surface area contributed by atoms with Gasteiger partial charge in [0, 0.05) is 12.7 Å². The van der Waals surface area contributed by atoms with E-state index in [1.165, 1.54) is 12.1 Å². The Bertz CT molecular complexity index is 838. The Morgan fingerprint density at radius 2 is 1.91 bits per heavy atom. The third kappa shape index (κ3) is 3.19. The summed E-state index contributed by atoms with van der Waals surface area (Å²) in [4.78, 5) is 4.92. The van der Waals surface area contributed by atoms with Crippen LogP contribution in [0.3, 0.4) is 0 Å². The largest absolute Gasteiger partial charge is 0.334 e. The predicted molar refractivity (Wildman–Crippen MR) is 89.8 cm³/mol. The number of nitrogens with one attached hydrogen (secondary N) is 1. The molecule has 0 unspecified atom stereocenters. The first-order valence-corrected chi connectivity index (χ1v) is 9.47. The maximum atomic E-state index is 12.5. The smallest absolute Gasteiger partial charge is 0.240 e. The highest BCUT2D eigenvalue weighted by atomic mass is 32.2. The lowest BCUT2D eigenvalue weighted by Gasteiger charge is -2.12. The Hall–Kier alpha value is -1.66. The number of sulfonamides is 1. The lowest BCUT2D eigenvalue weighted by molar-refractivity contribution is 0.576. The molecule has 0 bridgehead atoms. The van der Waals surface area contributed by atoms with E-state index < -0.39 is 10.0 Å². The second kappa shape index (κ2) is 6.09. The zero-order chi connectivity index (χ0) is 16.6. The Labute approximate surface area is 137 Å². The van der Waals surface area contributed by atoms with Crippen LogP contribution in [0.5, 0.6) is 0 Å². The molecule has 5 nitrogen and oxygen atoms in total. The first kappa shape index (κ1) is 16.2. The number of aryl methyl sites for hydroxylation is 3. The number of hydrogen-bond donors (Lipinski definition) is 1. The van der Waals surface area contributed by atoms with Gasteiger partial charge >= 0.3 is 0 Å². The summed E-state index contributed by atoms with van der Waals surface area (Å²) in [6.45, 7) is 4.11. The van der Waals surface area contributed by atoms with Crippen LogP contribution in [0.1, 0.15) is 41.2 Å². The van der Waals surface area contributed by atoms with E-state index in [0.29, 0.717) is 4.90 Å². The van der Waals surface area contributed by atoms with Crippen molar-refractivity contribution in [2.45, 2.75) is 51.0 Å². The molecule has 1 aliphatic rings. The lowest BCUT2D eigenvalue weighted by Crippen LogP contribution is -2.25. The number of nitrogens with zero attached hydrogens (tertiary/aromatic N) is 2.